The molecule has 4 rings (SSSR count). The van der Waals surface area contributed by atoms with Crippen molar-refractivity contribution < 1.29 is 0 Å². The summed E-state index contributed by atoms with van der Waals surface area (Å²) >= 11 is 0. The average molecular weight is 393 g/mol. The molecule has 0 bridgehead atoms. The quantitative estimate of drug-likeness (QED) is 0.407. The smallest absolute Gasteiger partial charge is 0.0100 e. The third-order valence-electron chi connectivity index (χ3n) is 9.01. The maximum Gasteiger partial charge on any atom is -0.0100 e. The van der Waals surface area contributed by atoms with Crippen molar-refractivity contribution in [1.29, 1.82) is 0 Å². The SMILES string of the molecule is C=CCc1ccc(C2CCC3CC(C4CCC(CCCC)CC4)CCC3C2)cc1. The van der Waals surface area contributed by atoms with E-state index in [1.807, 2.05) is 6.08 Å². The van der Waals surface area contributed by atoms with Gasteiger partial charge in [-0.1, -0.05) is 69.4 Å². The van der Waals surface area contributed by atoms with Gasteiger partial charge in [0.05, 0.1) is 0 Å². The van der Waals surface area contributed by atoms with Crippen molar-refractivity contribution in [2.24, 2.45) is 29.6 Å². The van der Waals surface area contributed by atoms with Crippen molar-refractivity contribution in [1.82, 2.24) is 0 Å². The van der Waals surface area contributed by atoms with Crippen molar-refractivity contribution >= 4 is 0 Å². The van der Waals surface area contributed by atoms with E-state index in [2.05, 4.69) is 37.8 Å². The number of benzene rings is 1. The van der Waals surface area contributed by atoms with Gasteiger partial charge in [0.2, 0.25) is 0 Å². The Balaban J connectivity index is 1.26. The molecule has 4 atom stereocenters. The molecule has 4 unspecified atom stereocenters. The van der Waals surface area contributed by atoms with Crippen LogP contribution in [0.1, 0.15) is 107 Å². The Bertz CT molecular complexity index is 618. The van der Waals surface area contributed by atoms with Crippen LogP contribution in [0.5, 0.6) is 0 Å². The van der Waals surface area contributed by atoms with Crippen LogP contribution in [0.3, 0.4) is 0 Å². The molecule has 0 aliphatic heterocycles. The van der Waals surface area contributed by atoms with Crippen LogP contribution in [-0.2, 0) is 6.42 Å². The maximum absolute atomic E-state index is 3.87. The molecule has 160 valence electrons. The first-order valence-corrected chi connectivity index (χ1v) is 13.0. The highest BCUT2D eigenvalue weighted by Gasteiger charge is 2.38. The van der Waals surface area contributed by atoms with Gasteiger partial charge in [0.25, 0.3) is 0 Å². The van der Waals surface area contributed by atoms with Crippen LogP contribution in [0.2, 0.25) is 0 Å². The second kappa shape index (κ2) is 10.3. The van der Waals surface area contributed by atoms with Gasteiger partial charge >= 0.3 is 0 Å². The van der Waals surface area contributed by atoms with E-state index in [0.29, 0.717) is 0 Å². The molecule has 0 saturated heterocycles. The van der Waals surface area contributed by atoms with E-state index in [0.717, 1.165) is 41.9 Å². The highest BCUT2D eigenvalue weighted by atomic mass is 14.4. The van der Waals surface area contributed by atoms with Crippen LogP contribution in [0.15, 0.2) is 36.9 Å². The molecule has 0 heterocycles. The van der Waals surface area contributed by atoms with Gasteiger partial charge in [-0.2, -0.15) is 0 Å². The van der Waals surface area contributed by atoms with Gasteiger partial charge in [0.1, 0.15) is 0 Å². The Morgan fingerprint density at radius 2 is 1.41 bits per heavy atom. The summed E-state index contributed by atoms with van der Waals surface area (Å²) in [5.74, 6) is 6.08. The zero-order valence-corrected chi connectivity index (χ0v) is 19.0. The van der Waals surface area contributed by atoms with Gasteiger partial charge in [0.15, 0.2) is 0 Å². The summed E-state index contributed by atoms with van der Waals surface area (Å²) in [5, 5.41) is 0. The van der Waals surface area contributed by atoms with Gasteiger partial charge in [-0.25, -0.2) is 0 Å². The Kier molecular flexibility index (Phi) is 7.54. The largest absolute Gasteiger partial charge is 0.103 e. The molecule has 1 aromatic carbocycles. The first-order valence-electron chi connectivity index (χ1n) is 13.0. The lowest BCUT2D eigenvalue weighted by molar-refractivity contribution is 0.0711. The lowest BCUT2D eigenvalue weighted by Gasteiger charge is -2.45. The van der Waals surface area contributed by atoms with Gasteiger partial charge in [0, 0.05) is 0 Å². The van der Waals surface area contributed by atoms with Gasteiger partial charge < -0.3 is 0 Å². The van der Waals surface area contributed by atoms with Crippen LogP contribution in [0, 0.1) is 29.6 Å². The summed E-state index contributed by atoms with van der Waals surface area (Å²) in [6, 6.07) is 9.48. The second-order valence-corrected chi connectivity index (χ2v) is 10.8. The van der Waals surface area contributed by atoms with Gasteiger partial charge in [-0.3, -0.25) is 0 Å². The van der Waals surface area contributed by atoms with Crippen LogP contribution >= 0.6 is 0 Å². The van der Waals surface area contributed by atoms with E-state index in [1.54, 1.807) is 37.7 Å². The van der Waals surface area contributed by atoms with E-state index in [-0.39, 0.29) is 0 Å². The number of hydrogen-bond donors (Lipinski definition) is 0. The summed E-state index contributed by atoms with van der Waals surface area (Å²) in [6.45, 7) is 6.21. The van der Waals surface area contributed by atoms with E-state index >= 15 is 0 Å². The number of hydrogen-bond acceptors (Lipinski definition) is 0. The fourth-order valence-electron chi connectivity index (χ4n) is 7.19. The minimum atomic E-state index is 0.819. The number of allylic oxidation sites excluding steroid dienone is 1. The van der Waals surface area contributed by atoms with E-state index in [9.17, 15) is 0 Å². The number of rotatable bonds is 7. The normalized spacial score (nSPS) is 35.1. The molecule has 3 saturated carbocycles. The average Bonchev–Trinajstić information content (AvgIpc) is 2.78. The number of fused-ring (bicyclic) bond motifs is 1. The predicted molar refractivity (Wildman–Crippen MR) is 126 cm³/mol. The van der Waals surface area contributed by atoms with Crippen molar-refractivity contribution in [3.8, 4) is 0 Å². The molecule has 0 spiro atoms. The molecule has 1 aromatic rings. The van der Waals surface area contributed by atoms with Crippen LogP contribution in [-0.4, -0.2) is 0 Å². The van der Waals surface area contributed by atoms with Crippen molar-refractivity contribution in [3.05, 3.63) is 48.0 Å². The fraction of sp³-hybridized carbons (Fsp3) is 0.724. The molecule has 0 heteroatoms. The highest BCUT2D eigenvalue weighted by Crippen LogP contribution is 2.51. The minimum Gasteiger partial charge on any atom is -0.103 e. The Morgan fingerprint density at radius 3 is 2.10 bits per heavy atom. The Morgan fingerprint density at radius 1 is 0.793 bits per heavy atom. The minimum absolute atomic E-state index is 0.819. The third-order valence-corrected chi connectivity index (χ3v) is 9.01. The van der Waals surface area contributed by atoms with E-state index < -0.39 is 0 Å². The zero-order chi connectivity index (χ0) is 20.1. The van der Waals surface area contributed by atoms with Crippen LogP contribution < -0.4 is 0 Å². The molecule has 0 aromatic heterocycles. The summed E-state index contributed by atoms with van der Waals surface area (Å²) < 4.78 is 0. The molecule has 29 heavy (non-hydrogen) atoms. The second-order valence-electron chi connectivity index (χ2n) is 10.8. The molecular weight excluding hydrogens is 348 g/mol. The van der Waals surface area contributed by atoms with Crippen LogP contribution in [0.25, 0.3) is 0 Å². The standard InChI is InChI=1S/C29H44/c1-3-5-7-23-10-14-25(15-11-23)27-17-19-28-20-26(16-18-29(28)21-27)24-12-8-22(6-4-2)9-13-24/h4,8-9,12-13,23,25-29H,2-3,5-7,10-11,14-21H2,1H3. The molecule has 3 aliphatic rings. The fourth-order valence-corrected chi connectivity index (χ4v) is 7.19. The molecule has 0 nitrogen and oxygen atoms in total. The Labute approximate surface area is 180 Å². The first kappa shape index (κ1) is 21.2. The molecule has 0 amide bonds. The predicted octanol–water partition coefficient (Wildman–Crippen LogP) is 8.71. The third kappa shape index (κ3) is 5.36. The molecule has 3 aliphatic carbocycles. The van der Waals surface area contributed by atoms with Crippen molar-refractivity contribution in [3.63, 3.8) is 0 Å². The van der Waals surface area contributed by atoms with E-state index in [4.69, 9.17) is 0 Å². The lowest BCUT2D eigenvalue weighted by atomic mass is 9.60. The summed E-state index contributed by atoms with van der Waals surface area (Å²) in [7, 11) is 0. The molecule has 0 radical (unpaired) electrons. The zero-order valence-electron chi connectivity index (χ0n) is 19.0. The summed E-state index contributed by atoms with van der Waals surface area (Å²) in [5.41, 5.74) is 3.01. The monoisotopic (exact) mass is 392 g/mol. The first-order chi connectivity index (χ1) is 14.3. The summed E-state index contributed by atoms with van der Waals surface area (Å²) in [4.78, 5) is 0. The van der Waals surface area contributed by atoms with Crippen molar-refractivity contribution in [2.75, 3.05) is 0 Å². The topological polar surface area (TPSA) is 0 Å². The maximum atomic E-state index is 3.87. The van der Waals surface area contributed by atoms with Crippen LogP contribution in [0.4, 0.5) is 0 Å². The molecule has 3 fully saturated rings. The number of unbranched alkanes of at least 4 members (excludes halogenated alkanes) is 1. The van der Waals surface area contributed by atoms with E-state index in [1.165, 1.54) is 56.9 Å². The van der Waals surface area contributed by atoms with Gasteiger partial charge in [-0.05, 0) is 104 Å². The highest BCUT2D eigenvalue weighted by molar-refractivity contribution is 5.27. The molecule has 0 N–H and O–H groups in total. The van der Waals surface area contributed by atoms with Crippen molar-refractivity contribution in [2.45, 2.75) is 103 Å². The van der Waals surface area contributed by atoms with Gasteiger partial charge in [-0.15, -0.1) is 6.58 Å². The summed E-state index contributed by atoms with van der Waals surface area (Å²) in [6.07, 6.45) is 22.6. The Hall–Kier alpha value is -1.04. The molecular formula is C29H44. The lowest BCUT2D eigenvalue weighted by Crippen LogP contribution is -2.34.